The largest absolute Gasteiger partial charge is 0.361 e. The maximum Gasteiger partial charge on any atom is 0.250 e. The molecule has 4 aromatic rings. The average molecular weight is 490 g/mol. The summed E-state index contributed by atoms with van der Waals surface area (Å²) in [5, 5.41) is 1.56. The first-order chi connectivity index (χ1) is 15.8. The maximum absolute atomic E-state index is 13.6. The Morgan fingerprint density at radius 2 is 1.91 bits per heavy atom. The molecule has 0 aliphatic carbocycles. The van der Waals surface area contributed by atoms with Crippen LogP contribution in [-0.4, -0.2) is 44.0 Å². The molecule has 5 nitrogen and oxygen atoms in total. The lowest BCUT2D eigenvalue weighted by Crippen LogP contribution is -2.37. The summed E-state index contributed by atoms with van der Waals surface area (Å²) < 4.78 is 57.1. The molecule has 3 heterocycles. The minimum atomic E-state index is -3.68. The van der Waals surface area contributed by atoms with Gasteiger partial charge in [0.1, 0.15) is 15.8 Å². The Morgan fingerprint density at radius 3 is 2.73 bits per heavy atom. The molecule has 0 bridgehead atoms. The molecule has 2 aromatic heterocycles. The van der Waals surface area contributed by atoms with Crippen LogP contribution in [0.1, 0.15) is 24.0 Å². The Morgan fingerprint density at radius 1 is 1.15 bits per heavy atom. The molecule has 1 aliphatic rings. The van der Waals surface area contributed by atoms with Crippen LogP contribution in [0.15, 0.2) is 46.8 Å². The van der Waals surface area contributed by atoms with Crippen LogP contribution in [0, 0.1) is 18.6 Å². The number of hydrogen-bond acceptors (Lipinski definition) is 4. The molecule has 1 atom stereocenters. The van der Waals surface area contributed by atoms with E-state index in [0.717, 1.165) is 53.5 Å². The van der Waals surface area contributed by atoms with Gasteiger partial charge in [0.2, 0.25) is 0 Å². The Kier molecular flexibility index (Phi) is 5.98. The van der Waals surface area contributed by atoms with Crippen LogP contribution in [0.3, 0.4) is 0 Å². The fourth-order valence-corrected chi connectivity index (χ4v) is 7.71. The number of H-pyrrole nitrogens is 1. The lowest BCUT2D eigenvalue weighted by Gasteiger charge is -2.16. The van der Waals surface area contributed by atoms with E-state index >= 15 is 0 Å². The monoisotopic (exact) mass is 489 g/mol. The van der Waals surface area contributed by atoms with Gasteiger partial charge in [0.25, 0.3) is 10.0 Å². The van der Waals surface area contributed by atoms with Gasteiger partial charge in [-0.05, 0) is 92.2 Å². The number of thiophene rings is 1. The van der Waals surface area contributed by atoms with Gasteiger partial charge in [-0.1, -0.05) is 0 Å². The predicted molar refractivity (Wildman–Crippen MR) is 128 cm³/mol. The van der Waals surface area contributed by atoms with Gasteiger partial charge in [-0.3, -0.25) is 0 Å². The number of aromatic nitrogens is 1. The smallest absolute Gasteiger partial charge is 0.250 e. The van der Waals surface area contributed by atoms with Crippen molar-refractivity contribution in [3.05, 3.63) is 65.4 Å². The molecule has 2 aromatic carbocycles. The lowest BCUT2D eigenvalue weighted by molar-refractivity contribution is 0.327. The molecule has 33 heavy (non-hydrogen) atoms. The summed E-state index contributed by atoms with van der Waals surface area (Å²) in [5.74, 6) is -0.610. The number of fused-ring (bicyclic) bond motifs is 2. The summed E-state index contributed by atoms with van der Waals surface area (Å²) in [6, 6.07) is 8.97. The third-order valence-corrected chi connectivity index (χ3v) is 9.76. The highest BCUT2D eigenvalue weighted by molar-refractivity contribution is 7.91. The second-order valence-electron chi connectivity index (χ2n) is 8.67. The Hall–Kier alpha value is -2.33. The third kappa shape index (κ3) is 4.55. The minimum absolute atomic E-state index is 0.154. The molecule has 0 radical (unpaired) electrons. The van der Waals surface area contributed by atoms with E-state index in [1.807, 2.05) is 6.20 Å². The van der Waals surface area contributed by atoms with Crippen molar-refractivity contribution in [1.29, 1.82) is 0 Å². The van der Waals surface area contributed by atoms with Crippen molar-refractivity contribution >= 4 is 42.3 Å². The van der Waals surface area contributed by atoms with Crippen LogP contribution in [0.25, 0.3) is 21.0 Å². The van der Waals surface area contributed by atoms with Crippen molar-refractivity contribution in [2.24, 2.45) is 0 Å². The van der Waals surface area contributed by atoms with Crippen LogP contribution in [0.4, 0.5) is 8.78 Å². The number of rotatable bonds is 7. The number of sulfonamides is 1. The second kappa shape index (κ2) is 8.79. The Labute approximate surface area is 195 Å². The summed E-state index contributed by atoms with van der Waals surface area (Å²) in [6.07, 6.45) is 4.41. The van der Waals surface area contributed by atoms with Gasteiger partial charge >= 0.3 is 0 Å². The van der Waals surface area contributed by atoms with E-state index < -0.39 is 10.0 Å². The van der Waals surface area contributed by atoms with Crippen LogP contribution in [0.2, 0.25) is 0 Å². The van der Waals surface area contributed by atoms with Gasteiger partial charge in [0.15, 0.2) is 0 Å². The molecular formula is C24H25F2N3O2S2. The Bertz CT molecular complexity index is 1430. The second-order valence-corrected chi connectivity index (χ2v) is 11.6. The molecule has 174 valence electrons. The summed E-state index contributed by atoms with van der Waals surface area (Å²) >= 11 is 1.18. The minimum Gasteiger partial charge on any atom is -0.361 e. The fraction of sp³-hybridized carbons (Fsp3) is 0.333. The summed E-state index contributed by atoms with van der Waals surface area (Å²) in [4.78, 5) is 5.44. The number of halogens is 2. The maximum atomic E-state index is 13.6. The van der Waals surface area contributed by atoms with E-state index in [0.29, 0.717) is 17.5 Å². The summed E-state index contributed by atoms with van der Waals surface area (Å²) in [7, 11) is -3.68. The van der Waals surface area contributed by atoms with Gasteiger partial charge in [0.05, 0.1) is 0 Å². The SMILES string of the molecule is Cc1c(S(=O)(=O)NC2CCN(CCCc3c[nH]c4ccc(F)cc34)C2)sc2ccc(F)cc12. The molecule has 9 heteroatoms. The molecule has 1 unspecified atom stereocenters. The first-order valence-electron chi connectivity index (χ1n) is 11.0. The molecule has 0 saturated carbocycles. The van der Waals surface area contributed by atoms with Crippen molar-refractivity contribution in [1.82, 2.24) is 14.6 Å². The van der Waals surface area contributed by atoms with Crippen LogP contribution in [-0.2, 0) is 16.4 Å². The molecular weight excluding hydrogens is 464 g/mol. The fourth-order valence-electron chi connectivity index (χ4n) is 4.68. The lowest BCUT2D eigenvalue weighted by atomic mass is 10.1. The predicted octanol–water partition coefficient (Wildman–Crippen LogP) is 4.95. The van der Waals surface area contributed by atoms with Gasteiger partial charge in [-0.15, -0.1) is 11.3 Å². The van der Waals surface area contributed by atoms with Crippen molar-refractivity contribution in [3.8, 4) is 0 Å². The van der Waals surface area contributed by atoms with Crippen molar-refractivity contribution in [3.63, 3.8) is 0 Å². The highest BCUT2D eigenvalue weighted by atomic mass is 32.2. The number of benzene rings is 2. The number of likely N-dealkylation sites (tertiary alicyclic amines) is 1. The third-order valence-electron chi connectivity index (χ3n) is 6.34. The highest BCUT2D eigenvalue weighted by Crippen LogP contribution is 2.34. The first-order valence-corrected chi connectivity index (χ1v) is 13.3. The summed E-state index contributed by atoms with van der Waals surface area (Å²) in [5.41, 5.74) is 2.62. The van der Waals surface area contributed by atoms with Crippen molar-refractivity contribution < 1.29 is 17.2 Å². The van der Waals surface area contributed by atoms with E-state index in [1.165, 1.54) is 29.5 Å². The molecule has 1 aliphatic heterocycles. The molecule has 1 saturated heterocycles. The number of aryl methyl sites for hydroxylation is 2. The normalized spacial score (nSPS) is 17.5. The van der Waals surface area contributed by atoms with E-state index in [4.69, 9.17) is 0 Å². The zero-order valence-electron chi connectivity index (χ0n) is 18.2. The standard InChI is InChI=1S/C24H25F2N3O2S2/c1-15-20-11-18(26)5-7-23(20)32-24(15)33(30,31)28-19-8-10-29(14-19)9-2-3-16-13-27-22-6-4-17(25)12-21(16)22/h4-7,11-13,19,27-28H,2-3,8-10,14H2,1H3. The number of aromatic amines is 1. The molecule has 5 rings (SSSR count). The van der Waals surface area contributed by atoms with Gasteiger partial charge in [0, 0.05) is 34.4 Å². The average Bonchev–Trinajstić information content (AvgIpc) is 3.46. The molecule has 1 fully saturated rings. The number of nitrogens with one attached hydrogen (secondary N) is 2. The molecule has 0 amide bonds. The highest BCUT2D eigenvalue weighted by Gasteiger charge is 2.29. The van der Waals surface area contributed by atoms with Gasteiger partial charge in [-0.25, -0.2) is 21.9 Å². The van der Waals surface area contributed by atoms with Crippen molar-refractivity contribution in [2.75, 3.05) is 19.6 Å². The molecule has 2 N–H and O–H groups in total. The van der Waals surface area contributed by atoms with E-state index in [1.54, 1.807) is 25.1 Å². The van der Waals surface area contributed by atoms with E-state index in [-0.39, 0.29) is 21.9 Å². The zero-order chi connectivity index (χ0) is 23.2. The molecule has 0 spiro atoms. The summed E-state index contributed by atoms with van der Waals surface area (Å²) in [6.45, 7) is 4.05. The van der Waals surface area contributed by atoms with Crippen LogP contribution < -0.4 is 4.72 Å². The van der Waals surface area contributed by atoms with Crippen molar-refractivity contribution in [2.45, 2.75) is 36.4 Å². The van der Waals surface area contributed by atoms with Gasteiger partial charge in [-0.2, -0.15) is 0 Å². The quantitative estimate of drug-likeness (QED) is 0.386. The van der Waals surface area contributed by atoms with E-state index in [2.05, 4.69) is 14.6 Å². The van der Waals surface area contributed by atoms with Gasteiger partial charge < -0.3 is 9.88 Å². The topological polar surface area (TPSA) is 65.2 Å². The number of nitrogens with zero attached hydrogens (tertiary/aromatic N) is 1. The zero-order valence-corrected chi connectivity index (χ0v) is 19.8. The Balaban J connectivity index is 1.19. The number of hydrogen-bond donors (Lipinski definition) is 2. The first kappa shape index (κ1) is 22.5. The van der Waals surface area contributed by atoms with Crippen LogP contribution >= 0.6 is 11.3 Å². The van der Waals surface area contributed by atoms with Crippen LogP contribution in [0.5, 0.6) is 0 Å². The van der Waals surface area contributed by atoms with E-state index in [9.17, 15) is 17.2 Å².